The Morgan fingerprint density at radius 2 is 1.63 bits per heavy atom. The Morgan fingerprint density at radius 3 is 2.26 bits per heavy atom. The third-order valence-electron chi connectivity index (χ3n) is 4.04. The fraction of sp³-hybridized carbons (Fsp3) is 0.417. The molecule has 0 aliphatic heterocycles. The average molecular weight is 369 g/mol. The van der Waals surface area contributed by atoms with E-state index in [4.69, 9.17) is 4.74 Å². The second-order valence-corrected chi connectivity index (χ2v) is 6.33. The van der Waals surface area contributed by atoms with Gasteiger partial charge in [-0.3, -0.25) is 0 Å². The standard InChI is InChI=1S/C20H24N2O.2C2H6/c1-15-11-18-20(17(13-21-18)9-10-22(2)3)19(12-15)23-14-16-7-5-4-6-8-16;2*1-2/h4-8,11-13,21H,9-10,14H2,1-3H3;2*1-2H3. The first-order valence-corrected chi connectivity index (χ1v) is 10.1. The highest BCUT2D eigenvalue weighted by Gasteiger charge is 2.11. The van der Waals surface area contributed by atoms with Gasteiger partial charge in [0, 0.05) is 23.6 Å². The molecule has 1 aromatic heterocycles. The average Bonchev–Trinajstić information content (AvgIpc) is 3.11. The lowest BCUT2D eigenvalue weighted by atomic mass is 10.1. The molecule has 0 spiro atoms. The van der Waals surface area contributed by atoms with Crippen LogP contribution in [0.3, 0.4) is 0 Å². The minimum atomic E-state index is 0.595. The highest BCUT2D eigenvalue weighted by Crippen LogP contribution is 2.31. The molecule has 0 saturated carbocycles. The van der Waals surface area contributed by atoms with Gasteiger partial charge in [-0.2, -0.15) is 0 Å². The van der Waals surface area contributed by atoms with E-state index in [2.05, 4.69) is 61.4 Å². The van der Waals surface area contributed by atoms with Gasteiger partial charge in [0.2, 0.25) is 0 Å². The first kappa shape index (κ1) is 22.8. The summed E-state index contributed by atoms with van der Waals surface area (Å²) in [6.45, 7) is 11.7. The van der Waals surface area contributed by atoms with Gasteiger partial charge in [-0.25, -0.2) is 0 Å². The van der Waals surface area contributed by atoms with Crippen molar-refractivity contribution in [2.24, 2.45) is 0 Å². The van der Waals surface area contributed by atoms with Gasteiger partial charge < -0.3 is 14.6 Å². The number of H-pyrrole nitrogens is 1. The van der Waals surface area contributed by atoms with Gasteiger partial charge in [0.05, 0.1) is 0 Å². The number of hydrogen-bond donors (Lipinski definition) is 1. The lowest BCUT2D eigenvalue weighted by Gasteiger charge is -2.12. The van der Waals surface area contributed by atoms with Gasteiger partial charge in [0.15, 0.2) is 0 Å². The van der Waals surface area contributed by atoms with Crippen molar-refractivity contribution in [2.75, 3.05) is 20.6 Å². The molecular formula is C24H36N2O. The first-order chi connectivity index (χ1) is 13.1. The van der Waals surface area contributed by atoms with Gasteiger partial charge >= 0.3 is 0 Å². The smallest absolute Gasteiger partial charge is 0.129 e. The van der Waals surface area contributed by atoms with E-state index >= 15 is 0 Å². The van der Waals surface area contributed by atoms with Crippen molar-refractivity contribution in [3.8, 4) is 5.75 Å². The zero-order chi connectivity index (χ0) is 20.2. The number of fused-ring (bicyclic) bond motifs is 1. The Kier molecular flexibility index (Phi) is 10.3. The molecule has 0 aliphatic carbocycles. The number of rotatable bonds is 6. The molecule has 0 amide bonds. The van der Waals surface area contributed by atoms with Gasteiger partial charge in [0.25, 0.3) is 0 Å². The number of nitrogens with zero attached hydrogens (tertiary/aromatic N) is 1. The van der Waals surface area contributed by atoms with Gasteiger partial charge in [0.1, 0.15) is 12.4 Å². The van der Waals surface area contributed by atoms with E-state index in [9.17, 15) is 0 Å². The van der Waals surface area contributed by atoms with Crippen LogP contribution in [0.5, 0.6) is 5.75 Å². The van der Waals surface area contributed by atoms with Crippen molar-refractivity contribution in [1.82, 2.24) is 9.88 Å². The number of ether oxygens (including phenoxy) is 1. The normalized spacial score (nSPS) is 10.1. The first-order valence-electron chi connectivity index (χ1n) is 10.1. The SMILES string of the molecule is CC.CC.Cc1cc(OCc2ccccc2)c2c(CCN(C)C)c[nH]c2c1. The summed E-state index contributed by atoms with van der Waals surface area (Å²) in [7, 11) is 4.21. The molecule has 0 radical (unpaired) electrons. The van der Waals surface area contributed by atoms with Crippen LogP contribution in [0.25, 0.3) is 10.9 Å². The summed E-state index contributed by atoms with van der Waals surface area (Å²) in [4.78, 5) is 5.60. The Hall–Kier alpha value is -2.26. The molecule has 3 aromatic rings. The molecule has 0 aliphatic rings. The molecule has 1 N–H and O–H groups in total. The molecule has 2 aromatic carbocycles. The predicted octanol–water partition coefficient (Wildman–Crippen LogP) is 6.21. The van der Waals surface area contributed by atoms with Crippen LogP contribution in [0.4, 0.5) is 0 Å². The minimum absolute atomic E-state index is 0.595. The fourth-order valence-electron chi connectivity index (χ4n) is 2.83. The van der Waals surface area contributed by atoms with Crippen LogP contribution in [0.2, 0.25) is 0 Å². The Bertz CT molecular complexity index is 776. The van der Waals surface area contributed by atoms with Gasteiger partial charge in [-0.1, -0.05) is 58.0 Å². The largest absolute Gasteiger partial charge is 0.488 e. The molecule has 3 rings (SSSR count). The van der Waals surface area contributed by atoms with Crippen LogP contribution >= 0.6 is 0 Å². The van der Waals surface area contributed by atoms with Crippen LogP contribution in [-0.4, -0.2) is 30.5 Å². The van der Waals surface area contributed by atoms with Crippen LogP contribution in [0.15, 0.2) is 48.7 Å². The molecule has 0 saturated heterocycles. The molecule has 3 heteroatoms. The van der Waals surface area contributed by atoms with Gasteiger partial charge in [-0.05, 0) is 56.3 Å². The van der Waals surface area contributed by atoms with Crippen molar-refractivity contribution < 1.29 is 4.74 Å². The molecule has 0 unspecified atom stereocenters. The van der Waals surface area contributed by atoms with Crippen molar-refractivity contribution in [3.05, 3.63) is 65.4 Å². The van der Waals surface area contributed by atoms with E-state index in [0.29, 0.717) is 6.61 Å². The van der Waals surface area contributed by atoms with Crippen LogP contribution in [0, 0.1) is 6.92 Å². The van der Waals surface area contributed by atoms with E-state index in [1.807, 2.05) is 45.9 Å². The van der Waals surface area contributed by atoms with Crippen molar-refractivity contribution >= 4 is 10.9 Å². The topological polar surface area (TPSA) is 28.3 Å². The van der Waals surface area contributed by atoms with Crippen molar-refractivity contribution in [2.45, 2.75) is 47.6 Å². The maximum absolute atomic E-state index is 6.16. The van der Waals surface area contributed by atoms with E-state index < -0.39 is 0 Å². The summed E-state index contributed by atoms with van der Waals surface area (Å²) in [6.07, 6.45) is 3.13. The third-order valence-corrected chi connectivity index (χ3v) is 4.04. The van der Waals surface area contributed by atoms with Gasteiger partial charge in [-0.15, -0.1) is 0 Å². The fourth-order valence-corrected chi connectivity index (χ4v) is 2.83. The molecular weight excluding hydrogens is 332 g/mol. The zero-order valence-electron chi connectivity index (χ0n) is 18.1. The van der Waals surface area contributed by atoms with E-state index in [-0.39, 0.29) is 0 Å². The second kappa shape index (κ2) is 12.2. The molecule has 1 heterocycles. The van der Waals surface area contributed by atoms with E-state index in [1.165, 1.54) is 22.1 Å². The number of likely N-dealkylation sites (N-methyl/N-ethyl adjacent to an activating group) is 1. The number of aromatic nitrogens is 1. The summed E-state index contributed by atoms with van der Waals surface area (Å²) in [5, 5.41) is 1.22. The Balaban J connectivity index is 0.000000855. The van der Waals surface area contributed by atoms with Crippen LogP contribution in [-0.2, 0) is 13.0 Å². The maximum atomic E-state index is 6.16. The molecule has 0 atom stereocenters. The van der Waals surface area contributed by atoms with Crippen molar-refractivity contribution in [3.63, 3.8) is 0 Å². The number of aromatic amines is 1. The summed E-state index contributed by atoms with van der Waals surface area (Å²) < 4.78 is 6.16. The summed E-state index contributed by atoms with van der Waals surface area (Å²) in [5.74, 6) is 0.971. The molecule has 0 fully saturated rings. The maximum Gasteiger partial charge on any atom is 0.129 e. The molecule has 3 nitrogen and oxygen atoms in total. The minimum Gasteiger partial charge on any atom is -0.488 e. The Morgan fingerprint density at radius 1 is 0.963 bits per heavy atom. The summed E-state index contributed by atoms with van der Waals surface area (Å²) in [6, 6.07) is 14.6. The number of benzene rings is 2. The summed E-state index contributed by atoms with van der Waals surface area (Å²) in [5.41, 5.74) is 4.87. The Labute approximate surface area is 165 Å². The monoisotopic (exact) mass is 368 g/mol. The second-order valence-electron chi connectivity index (χ2n) is 6.33. The van der Waals surface area contributed by atoms with E-state index in [1.54, 1.807) is 0 Å². The quantitative estimate of drug-likeness (QED) is 0.560. The highest BCUT2D eigenvalue weighted by molar-refractivity contribution is 5.90. The van der Waals surface area contributed by atoms with Crippen LogP contribution < -0.4 is 4.74 Å². The zero-order valence-corrected chi connectivity index (χ0v) is 18.1. The highest BCUT2D eigenvalue weighted by atomic mass is 16.5. The predicted molar refractivity (Wildman–Crippen MR) is 119 cm³/mol. The van der Waals surface area contributed by atoms with Crippen LogP contribution in [0.1, 0.15) is 44.4 Å². The van der Waals surface area contributed by atoms with Crippen molar-refractivity contribution in [1.29, 1.82) is 0 Å². The third kappa shape index (κ3) is 6.76. The lowest BCUT2D eigenvalue weighted by Crippen LogP contribution is -2.14. The molecule has 148 valence electrons. The number of aryl methyl sites for hydroxylation is 1. The van der Waals surface area contributed by atoms with E-state index in [0.717, 1.165) is 24.2 Å². The lowest BCUT2D eigenvalue weighted by molar-refractivity contribution is 0.309. The summed E-state index contributed by atoms with van der Waals surface area (Å²) >= 11 is 0. The number of nitrogens with one attached hydrogen (secondary N) is 1. The molecule has 27 heavy (non-hydrogen) atoms. The number of hydrogen-bond acceptors (Lipinski definition) is 2. The molecule has 0 bridgehead atoms.